The monoisotopic (exact) mass is 521 g/mol. The molecule has 0 saturated carbocycles. The first kappa shape index (κ1) is 27.8. The Hall–Kier alpha value is -2.76. The third-order valence-corrected chi connectivity index (χ3v) is 7.67. The quantitative estimate of drug-likeness (QED) is 0.357. The van der Waals surface area contributed by atoms with E-state index in [4.69, 9.17) is 0 Å². The van der Waals surface area contributed by atoms with E-state index in [2.05, 4.69) is 20.9 Å². The van der Waals surface area contributed by atoms with Gasteiger partial charge < -0.3 is 21.1 Å². The van der Waals surface area contributed by atoms with Crippen LogP contribution in [0.25, 0.3) is 0 Å². The fourth-order valence-corrected chi connectivity index (χ4v) is 4.50. The maximum Gasteiger partial charge on any atom is 0.251 e. The van der Waals surface area contributed by atoms with Gasteiger partial charge >= 0.3 is 0 Å². The van der Waals surface area contributed by atoms with Gasteiger partial charge in [0, 0.05) is 18.7 Å². The zero-order valence-corrected chi connectivity index (χ0v) is 21.9. The number of pyridine rings is 1. The Morgan fingerprint density at radius 2 is 2.00 bits per heavy atom. The minimum absolute atomic E-state index is 0.0368. The lowest BCUT2D eigenvalue weighted by atomic mass is 9.94. The second-order valence-electron chi connectivity index (χ2n) is 9.33. The summed E-state index contributed by atoms with van der Waals surface area (Å²) in [6.07, 6.45) is 0.0281. The summed E-state index contributed by atoms with van der Waals surface area (Å²) in [7, 11) is -2.26. The number of aliphatic hydroxyl groups excluding tert-OH is 1. The molecular formula is C25H36FN5O4S. The van der Waals surface area contributed by atoms with Crippen LogP contribution < -0.4 is 20.3 Å². The molecular weight excluding hydrogens is 485 g/mol. The van der Waals surface area contributed by atoms with Crippen molar-refractivity contribution in [3.8, 4) is 0 Å². The lowest BCUT2D eigenvalue weighted by Gasteiger charge is -2.30. The summed E-state index contributed by atoms with van der Waals surface area (Å²) in [4.78, 5) is 17.8. The van der Waals surface area contributed by atoms with Crippen LogP contribution in [0.1, 0.15) is 42.6 Å². The van der Waals surface area contributed by atoms with E-state index in [9.17, 15) is 22.7 Å². The number of hydrogen-bond acceptors (Lipinski definition) is 7. The average molecular weight is 522 g/mol. The van der Waals surface area contributed by atoms with Crippen LogP contribution in [0.3, 0.4) is 0 Å². The number of aromatic nitrogens is 1. The Morgan fingerprint density at radius 1 is 1.31 bits per heavy atom. The molecule has 4 N–H and O–H groups in total. The van der Waals surface area contributed by atoms with E-state index in [1.54, 1.807) is 6.07 Å². The Balaban J connectivity index is 1.93. The average Bonchev–Trinajstić information content (AvgIpc) is 3.28. The zero-order chi connectivity index (χ0) is 26.5. The van der Waals surface area contributed by atoms with E-state index in [1.165, 1.54) is 13.1 Å². The van der Waals surface area contributed by atoms with Crippen molar-refractivity contribution in [2.75, 3.05) is 29.5 Å². The van der Waals surface area contributed by atoms with Gasteiger partial charge in [-0.25, -0.2) is 17.8 Å². The van der Waals surface area contributed by atoms with Gasteiger partial charge in [0.05, 0.1) is 24.4 Å². The molecule has 2 heterocycles. The van der Waals surface area contributed by atoms with Crippen molar-refractivity contribution in [3.05, 3.63) is 53.6 Å². The number of hydrogen-bond donors (Lipinski definition) is 4. The molecule has 0 spiro atoms. The maximum atomic E-state index is 14.4. The summed E-state index contributed by atoms with van der Waals surface area (Å²) >= 11 is 0. The van der Waals surface area contributed by atoms with Crippen LogP contribution >= 0.6 is 0 Å². The van der Waals surface area contributed by atoms with Crippen molar-refractivity contribution >= 4 is 27.6 Å². The number of halogens is 1. The molecule has 5 atom stereocenters. The van der Waals surface area contributed by atoms with Crippen LogP contribution in [0, 0.1) is 0 Å². The van der Waals surface area contributed by atoms with Crippen LogP contribution in [0.15, 0.2) is 42.5 Å². The van der Waals surface area contributed by atoms with Crippen molar-refractivity contribution in [1.29, 1.82) is 0 Å². The first-order chi connectivity index (χ1) is 17.0. The topological polar surface area (TPSA) is 124 Å². The molecule has 1 saturated heterocycles. The Morgan fingerprint density at radius 3 is 2.58 bits per heavy atom. The van der Waals surface area contributed by atoms with Gasteiger partial charge in [-0.1, -0.05) is 37.3 Å². The van der Waals surface area contributed by atoms with Gasteiger partial charge in [0.25, 0.3) is 5.91 Å². The molecule has 3 rings (SSSR count). The predicted molar refractivity (Wildman–Crippen MR) is 140 cm³/mol. The highest BCUT2D eigenvalue weighted by molar-refractivity contribution is 7.92. The van der Waals surface area contributed by atoms with E-state index in [1.807, 2.05) is 44.2 Å². The summed E-state index contributed by atoms with van der Waals surface area (Å²) in [6, 6.07) is 10.7. The van der Waals surface area contributed by atoms with Crippen LogP contribution in [0.2, 0.25) is 0 Å². The number of benzene rings is 1. The smallest absolute Gasteiger partial charge is 0.251 e. The number of carbonyl (C=O) groups is 1. The van der Waals surface area contributed by atoms with Crippen LogP contribution in [-0.2, 0) is 16.4 Å². The summed E-state index contributed by atoms with van der Waals surface area (Å²) in [5.74, 6) is -0.0949. The number of nitrogens with zero attached hydrogens (tertiary/aromatic N) is 2. The van der Waals surface area contributed by atoms with Crippen molar-refractivity contribution in [3.63, 3.8) is 0 Å². The predicted octanol–water partition coefficient (Wildman–Crippen LogP) is 2.09. The second kappa shape index (κ2) is 12.0. The fourth-order valence-electron chi connectivity index (χ4n) is 4.06. The van der Waals surface area contributed by atoms with Crippen molar-refractivity contribution in [1.82, 2.24) is 15.6 Å². The molecule has 1 aliphatic rings. The van der Waals surface area contributed by atoms with Crippen molar-refractivity contribution in [2.45, 2.75) is 63.5 Å². The molecule has 1 amide bonds. The Labute approximate surface area is 212 Å². The standard InChI is InChI=1S/C25H36FN5O4S/c1-5-16(2)28-21-14-18(15-22(30-21)31(3)36(4,34)35)25(33)29-20(13-17-9-7-6-8-10-17)24(32)23-19(26)11-12-27-23/h6-10,14-16,19-20,23-24,27,32H,5,11-13H2,1-4H3,(H,28,30)(H,29,33)/t16?,19-,20-,23?,24-/m0/s1. The van der Waals surface area contributed by atoms with E-state index in [0.29, 0.717) is 18.8 Å². The number of carbonyl (C=O) groups excluding carboxylic acids is 1. The first-order valence-corrected chi connectivity index (χ1v) is 14.0. The van der Waals surface area contributed by atoms with Gasteiger partial charge in [0.1, 0.15) is 17.8 Å². The van der Waals surface area contributed by atoms with Crippen LogP contribution in [-0.4, -0.2) is 74.7 Å². The second-order valence-corrected chi connectivity index (χ2v) is 11.3. The lowest BCUT2D eigenvalue weighted by Crippen LogP contribution is -2.54. The molecule has 2 aromatic rings. The van der Waals surface area contributed by atoms with Gasteiger partial charge in [-0.05, 0) is 50.4 Å². The Kier molecular flexibility index (Phi) is 9.26. The van der Waals surface area contributed by atoms with Crippen LogP contribution in [0.4, 0.5) is 16.0 Å². The first-order valence-electron chi connectivity index (χ1n) is 12.1. The molecule has 0 radical (unpaired) electrons. The van der Waals surface area contributed by atoms with Gasteiger partial charge in [-0.2, -0.15) is 0 Å². The number of nitrogens with one attached hydrogen (secondary N) is 3. The molecule has 1 aromatic heterocycles. The number of amides is 1. The molecule has 1 fully saturated rings. The molecule has 36 heavy (non-hydrogen) atoms. The number of rotatable bonds is 11. The number of aliphatic hydroxyl groups is 1. The van der Waals surface area contributed by atoms with Crippen molar-refractivity contribution < 1.29 is 22.7 Å². The summed E-state index contributed by atoms with van der Waals surface area (Å²) in [6.45, 7) is 4.39. The SMILES string of the molecule is CCC(C)Nc1cc(C(=O)N[C@@H](Cc2ccccc2)[C@H](O)C2NCC[C@@H]2F)cc(N(C)S(C)(=O)=O)n1. The minimum atomic E-state index is -3.62. The Bertz CT molecular complexity index is 1130. The normalized spacial score (nSPS) is 20.4. The van der Waals surface area contributed by atoms with E-state index < -0.39 is 40.3 Å². The maximum absolute atomic E-state index is 14.4. The van der Waals surface area contributed by atoms with E-state index in [-0.39, 0.29) is 23.8 Å². The number of sulfonamides is 1. The molecule has 11 heteroatoms. The zero-order valence-electron chi connectivity index (χ0n) is 21.1. The molecule has 2 unspecified atom stereocenters. The minimum Gasteiger partial charge on any atom is -0.389 e. The highest BCUT2D eigenvalue weighted by Gasteiger charge is 2.37. The van der Waals surface area contributed by atoms with Gasteiger partial charge in [0.2, 0.25) is 10.0 Å². The molecule has 1 aliphatic heterocycles. The summed E-state index contributed by atoms with van der Waals surface area (Å²) in [5.41, 5.74) is 1.05. The van der Waals surface area contributed by atoms with Crippen LogP contribution in [0.5, 0.6) is 0 Å². The summed E-state index contributed by atoms with van der Waals surface area (Å²) in [5, 5.41) is 20.1. The van der Waals surface area contributed by atoms with Gasteiger partial charge in [-0.15, -0.1) is 0 Å². The lowest BCUT2D eigenvalue weighted by molar-refractivity contribution is 0.0593. The fraction of sp³-hybridized carbons (Fsp3) is 0.520. The molecule has 9 nitrogen and oxygen atoms in total. The highest BCUT2D eigenvalue weighted by Crippen LogP contribution is 2.22. The van der Waals surface area contributed by atoms with Gasteiger partial charge in [0.15, 0.2) is 0 Å². The summed E-state index contributed by atoms with van der Waals surface area (Å²) < 4.78 is 39.7. The third-order valence-electron chi connectivity index (χ3n) is 6.49. The van der Waals surface area contributed by atoms with E-state index in [0.717, 1.165) is 22.5 Å². The molecule has 1 aromatic carbocycles. The van der Waals surface area contributed by atoms with Gasteiger partial charge in [-0.3, -0.25) is 9.10 Å². The van der Waals surface area contributed by atoms with E-state index >= 15 is 0 Å². The molecule has 0 bridgehead atoms. The number of alkyl halides is 1. The number of anilines is 2. The molecule has 198 valence electrons. The highest BCUT2D eigenvalue weighted by atomic mass is 32.2. The molecule has 0 aliphatic carbocycles. The van der Waals surface area contributed by atoms with Crippen molar-refractivity contribution in [2.24, 2.45) is 0 Å². The third kappa shape index (κ3) is 7.14. The largest absolute Gasteiger partial charge is 0.389 e.